The second-order valence-electron chi connectivity index (χ2n) is 10.6. The zero-order valence-corrected chi connectivity index (χ0v) is 21.9. The first-order valence-electron chi connectivity index (χ1n) is 13.7. The van der Waals surface area contributed by atoms with E-state index in [0.717, 1.165) is 63.1 Å². The van der Waals surface area contributed by atoms with Crippen LogP contribution in [0.4, 0.5) is 0 Å². The summed E-state index contributed by atoms with van der Waals surface area (Å²) in [5, 5.41) is 0. The molecule has 2 aliphatic carbocycles. The summed E-state index contributed by atoms with van der Waals surface area (Å²) >= 11 is 0. The van der Waals surface area contributed by atoms with Crippen molar-refractivity contribution in [3.8, 4) is 5.75 Å². The fourth-order valence-corrected chi connectivity index (χ4v) is 5.64. The van der Waals surface area contributed by atoms with Gasteiger partial charge in [0.25, 0.3) is 0 Å². The van der Waals surface area contributed by atoms with E-state index in [2.05, 4.69) is 59.5 Å². The number of hydrogen-bond donors (Lipinski definition) is 0. The number of benzene rings is 1. The topological polar surface area (TPSA) is 59.1 Å². The lowest BCUT2D eigenvalue weighted by atomic mass is 9.87. The van der Waals surface area contributed by atoms with Crippen LogP contribution in [0.3, 0.4) is 0 Å². The molecule has 6 nitrogen and oxygen atoms in total. The SMILES string of the molecule is CC(=O)CCC(=O)N1CCC2(CC1)CCN(Cc1ccc(OC3C=CC=CC3)cc1)C1=C(C=CCC1)O2. The molecule has 0 bridgehead atoms. The number of ketones is 1. The van der Waals surface area contributed by atoms with E-state index in [-0.39, 0.29) is 23.4 Å². The standard InChI is InChI=1S/C31H38N2O4/c1-24(34)11-16-30(35)32-20-17-31(18-21-32)19-22-33(28-9-5-6-10-29(28)37-31)23-25-12-14-27(15-13-25)36-26-7-3-2-4-8-26/h2-4,6-7,10,12-15,26H,5,8-9,11,16-23H2,1H3. The summed E-state index contributed by atoms with van der Waals surface area (Å²) in [6, 6.07) is 8.49. The van der Waals surface area contributed by atoms with Crippen LogP contribution in [-0.4, -0.2) is 52.8 Å². The smallest absolute Gasteiger partial charge is 0.223 e. The van der Waals surface area contributed by atoms with Gasteiger partial charge in [0.15, 0.2) is 0 Å². The minimum absolute atomic E-state index is 0.0681. The lowest BCUT2D eigenvalue weighted by Crippen LogP contribution is -2.48. The van der Waals surface area contributed by atoms with Crippen LogP contribution in [0.5, 0.6) is 5.75 Å². The number of rotatable bonds is 7. The first-order valence-corrected chi connectivity index (χ1v) is 13.7. The molecule has 1 fully saturated rings. The Morgan fingerprint density at radius 1 is 1.03 bits per heavy atom. The number of piperidine rings is 1. The highest BCUT2D eigenvalue weighted by atomic mass is 16.5. The number of hydrogen-bond acceptors (Lipinski definition) is 5. The molecular weight excluding hydrogens is 464 g/mol. The summed E-state index contributed by atoms with van der Waals surface area (Å²) in [6.07, 6.45) is 18.9. The third-order valence-corrected chi connectivity index (χ3v) is 7.89. The maximum Gasteiger partial charge on any atom is 0.223 e. The van der Waals surface area contributed by atoms with Crippen molar-refractivity contribution in [1.82, 2.24) is 9.80 Å². The molecule has 1 atom stereocenters. The number of carbonyl (C=O) groups is 2. The quantitative estimate of drug-likeness (QED) is 0.495. The van der Waals surface area contributed by atoms with Crippen molar-refractivity contribution in [2.45, 2.75) is 76.5 Å². The Morgan fingerprint density at radius 3 is 2.54 bits per heavy atom. The Morgan fingerprint density at radius 2 is 1.81 bits per heavy atom. The Balaban J connectivity index is 1.22. The molecule has 4 aliphatic rings. The summed E-state index contributed by atoms with van der Waals surface area (Å²) in [5.74, 6) is 2.05. The zero-order valence-electron chi connectivity index (χ0n) is 21.9. The number of ether oxygens (including phenoxy) is 2. The molecule has 5 rings (SSSR count). The Hall–Kier alpha value is -3.28. The van der Waals surface area contributed by atoms with Gasteiger partial charge in [0.1, 0.15) is 29.0 Å². The summed E-state index contributed by atoms with van der Waals surface area (Å²) in [6.45, 7) is 4.70. The highest BCUT2D eigenvalue weighted by molar-refractivity contribution is 5.83. The minimum atomic E-state index is -0.242. The molecular formula is C31H38N2O4. The predicted molar refractivity (Wildman–Crippen MR) is 144 cm³/mol. The third-order valence-electron chi connectivity index (χ3n) is 7.89. The van der Waals surface area contributed by atoms with Gasteiger partial charge in [-0.05, 0) is 49.6 Å². The normalized spacial score (nSPS) is 22.5. The van der Waals surface area contributed by atoms with Crippen molar-refractivity contribution in [1.29, 1.82) is 0 Å². The van der Waals surface area contributed by atoms with Gasteiger partial charge in [0.05, 0.1) is 5.70 Å². The highest BCUT2D eigenvalue weighted by Crippen LogP contribution is 2.39. The van der Waals surface area contributed by atoms with Crippen LogP contribution in [0.2, 0.25) is 0 Å². The molecule has 0 saturated carbocycles. The van der Waals surface area contributed by atoms with Gasteiger partial charge in [-0.2, -0.15) is 0 Å². The molecule has 1 aromatic rings. The summed E-state index contributed by atoms with van der Waals surface area (Å²) in [4.78, 5) is 28.2. The van der Waals surface area contributed by atoms with Crippen molar-refractivity contribution < 1.29 is 19.1 Å². The Bertz CT molecular complexity index is 1110. The second-order valence-corrected chi connectivity index (χ2v) is 10.6. The van der Waals surface area contributed by atoms with Crippen LogP contribution < -0.4 is 4.74 Å². The van der Waals surface area contributed by atoms with Crippen molar-refractivity contribution in [2.75, 3.05) is 19.6 Å². The molecule has 1 aromatic carbocycles. The van der Waals surface area contributed by atoms with E-state index in [9.17, 15) is 9.59 Å². The maximum absolute atomic E-state index is 12.5. The fourth-order valence-electron chi connectivity index (χ4n) is 5.64. The summed E-state index contributed by atoms with van der Waals surface area (Å²) in [5.41, 5.74) is 2.31. The fraction of sp³-hybridized carbons (Fsp3) is 0.484. The number of nitrogens with zero attached hydrogens (tertiary/aromatic N) is 2. The number of amides is 1. The molecule has 2 aliphatic heterocycles. The van der Waals surface area contributed by atoms with Gasteiger partial charge >= 0.3 is 0 Å². The van der Waals surface area contributed by atoms with Gasteiger partial charge in [-0.3, -0.25) is 4.79 Å². The molecule has 1 unspecified atom stereocenters. The van der Waals surface area contributed by atoms with Gasteiger partial charge < -0.3 is 24.1 Å². The zero-order chi connectivity index (χ0) is 25.7. The highest BCUT2D eigenvalue weighted by Gasteiger charge is 2.41. The monoisotopic (exact) mass is 502 g/mol. The second kappa shape index (κ2) is 11.4. The molecule has 0 radical (unpaired) electrons. The summed E-state index contributed by atoms with van der Waals surface area (Å²) < 4.78 is 12.9. The van der Waals surface area contributed by atoms with E-state index >= 15 is 0 Å². The van der Waals surface area contributed by atoms with Gasteiger partial charge in [0.2, 0.25) is 5.91 Å². The van der Waals surface area contributed by atoms with Crippen LogP contribution in [0.25, 0.3) is 0 Å². The molecule has 0 N–H and O–H groups in total. The molecule has 2 heterocycles. The number of allylic oxidation sites excluding steroid dienone is 5. The lowest BCUT2D eigenvalue weighted by molar-refractivity contribution is -0.137. The van der Waals surface area contributed by atoms with E-state index in [4.69, 9.17) is 9.47 Å². The maximum atomic E-state index is 12.5. The number of Topliss-reactive ketones (excluding diaryl/α,β-unsaturated/α-hetero) is 1. The average molecular weight is 503 g/mol. The molecule has 0 aromatic heterocycles. The van der Waals surface area contributed by atoms with Gasteiger partial charge in [-0.15, -0.1) is 0 Å². The largest absolute Gasteiger partial charge is 0.486 e. The Labute approximate surface area is 220 Å². The first-order chi connectivity index (χ1) is 18.0. The lowest BCUT2D eigenvalue weighted by Gasteiger charge is -2.41. The van der Waals surface area contributed by atoms with Gasteiger partial charge in [-0.25, -0.2) is 0 Å². The molecule has 1 spiro atoms. The van der Waals surface area contributed by atoms with Crippen LogP contribution in [0.15, 0.2) is 72.2 Å². The van der Waals surface area contributed by atoms with E-state index in [1.807, 2.05) is 11.0 Å². The van der Waals surface area contributed by atoms with E-state index in [0.29, 0.717) is 25.9 Å². The van der Waals surface area contributed by atoms with E-state index in [1.54, 1.807) is 6.92 Å². The molecule has 196 valence electrons. The van der Waals surface area contributed by atoms with Crippen LogP contribution >= 0.6 is 0 Å². The molecule has 6 heteroatoms. The Kier molecular flexibility index (Phi) is 7.82. The van der Waals surface area contributed by atoms with Crippen molar-refractivity contribution in [3.05, 3.63) is 77.7 Å². The van der Waals surface area contributed by atoms with E-state index in [1.165, 1.54) is 11.3 Å². The molecule has 37 heavy (non-hydrogen) atoms. The third kappa shape index (κ3) is 6.35. The first kappa shape index (κ1) is 25.4. The minimum Gasteiger partial charge on any atom is -0.486 e. The molecule has 1 saturated heterocycles. The van der Waals surface area contributed by atoms with Gasteiger partial charge in [-0.1, -0.05) is 36.4 Å². The van der Waals surface area contributed by atoms with E-state index < -0.39 is 0 Å². The van der Waals surface area contributed by atoms with Crippen molar-refractivity contribution in [2.24, 2.45) is 0 Å². The van der Waals surface area contributed by atoms with Crippen LogP contribution in [0.1, 0.15) is 63.9 Å². The van der Waals surface area contributed by atoms with Crippen LogP contribution in [-0.2, 0) is 20.9 Å². The number of likely N-dealkylation sites (tertiary alicyclic amines) is 1. The van der Waals surface area contributed by atoms with Crippen molar-refractivity contribution in [3.63, 3.8) is 0 Å². The molecule has 1 amide bonds. The van der Waals surface area contributed by atoms with Crippen molar-refractivity contribution >= 4 is 11.7 Å². The average Bonchev–Trinajstić information content (AvgIpc) is 3.06. The summed E-state index contributed by atoms with van der Waals surface area (Å²) in [7, 11) is 0. The predicted octanol–water partition coefficient (Wildman–Crippen LogP) is 5.46. The number of carbonyl (C=O) groups excluding carboxylic acids is 2. The van der Waals surface area contributed by atoms with Crippen LogP contribution in [0, 0.1) is 0 Å². The van der Waals surface area contributed by atoms with Gasteiger partial charge in [0, 0.05) is 64.7 Å².